The fourth-order valence-electron chi connectivity index (χ4n) is 3.17. The Morgan fingerprint density at radius 2 is 2.00 bits per heavy atom. The first-order valence-corrected chi connectivity index (χ1v) is 8.55. The van der Waals surface area contributed by atoms with Gasteiger partial charge in [-0.05, 0) is 44.0 Å². The maximum atomic E-state index is 11.3. The first-order chi connectivity index (χ1) is 12.0. The molecule has 1 aliphatic rings. The van der Waals surface area contributed by atoms with Crippen molar-refractivity contribution >= 4 is 5.69 Å². The SMILES string of the molecule is CC1CCN(CC(O)Cn2cc([N+](=O)[O-])c(-c3ccncc3)n2)CC1. The molecule has 8 nitrogen and oxygen atoms in total. The van der Waals surface area contributed by atoms with Crippen LogP contribution in [0.25, 0.3) is 11.3 Å². The molecule has 0 radical (unpaired) electrons. The Morgan fingerprint density at radius 3 is 2.64 bits per heavy atom. The second kappa shape index (κ2) is 7.71. The Labute approximate surface area is 146 Å². The molecule has 2 aromatic rings. The van der Waals surface area contributed by atoms with E-state index in [4.69, 9.17) is 0 Å². The number of hydrogen-bond acceptors (Lipinski definition) is 6. The minimum Gasteiger partial charge on any atom is -0.390 e. The highest BCUT2D eigenvalue weighted by atomic mass is 16.6. The first-order valence-electron chi connectivity index (χ1n) is 8.55. The van der Waals surface area contributed by atoms with Crippen LogP contribution in [0.1, 0.15) is 19.8 Å². The van der Waals surface area contributed by atoms with Gasteiger partial charge in [0.1, 0.15) is 6.20 Å². The van der Waals surface area contributed by atoms with Crippen molar-refractivity contribution < 1.29 is 10.0 Å². The minimum absolute atomic E-state index is 0.0646. The summed E-state index contributed by atoms with van der Waals surface area (Å²) in [7, 11) is 0. The van der Waals surface area contributed by atoms with Crippen molar-refractivity contribution in [1.82, 2.24) is 19.7 Å². The van der Waals surface area contributed by atoms with Gasteiger partial charge in [0.05, 0.1) is 17.6 Å². The maximum absolute atomic E-state index is 11.3. The normalized spacial score (nSPS) is 17.5. The van der Waals surface area contributed by atoms with Gasteiger partial charge >= 0.3 is 5.69 Å². The third-order valence-electron chi connectivity index (χ3n) is 4.64. The van der Waals surface area contributed by atoms with Crippen molar-refractivity contribution in [2.45, 2.75) is 32.4 Å². The summed E-state index contributed by atoms with van der Waals surface area (Å²) in [6.45, 7) is 5.01. The molecule has 1 saturated heterocycles. The van der Waals surface area contributed by atoms with E-state index in [1.807, 2.05) is 0 Å². The van der Waals surface area contributed by atoms with Crippen molar-refractivity contribution in [2.75, 3.05) is 19.6 Å². The number of nitro groups is 1. The number of piperidine rings is 1. The summed E-state index contributed by atoms with van der Waals surface area (Å²) in [6, 6.07) is 3.37. The fourth-order valence-corrected chi connectivity index (χ4v) is 3.17. The summed E-state index contributed by atoms with van der Waals surface area (Å²) in [5.41, 5.74) is 0.872. The van der Waals surface area contributed by atoms with Crippen molar-refractivity contribution in [1.29, 1.82) is 0 Å². The molecule has 1 fully saturated rings. The summed E-state index contributed by atoms with van der Waals surface area (Å²) >= 11 is 0. The van der Waals surface area contributed by atoms with E-state index >= 15 is 0 Å². The van der Waals surface area contributed by atoms with E-state index in [9.17, 15) is 15.2 Å². The molecular formula is C17H23N5O3. The van der Waals surface area contributed by atoms with Crippen LogP contribution in [0.3, 0.4) is 0 Å². The monoisotopic (exact) mass is 345 g/mol. The quantitative estimate of drug-likeness (QED) is 0.635. The Kier molecular flexibility index (Phi) is 5.40. The van der Waals surface area contributed by atoms with Gasteiger partial charge in [0.25, 0.3) is 0 Å². The molecule has 0 bridgehead atoms. The summed E-state index contributed by atoms with van der Waals surface area (Å²) in [5, 5.41) is 26.0. The van der Waals surface area contributed by atoms with E-state index in [2.05, 4.69) is 21.9 Å². The highest BCUT2D eigenvalue weighted by Gasteiger charge is 2.23. The highest BCUT2D eigenvalue weighted by molar-refractivity contribution is 5.68. The standard InChI is InChI=1S/C17H23N5O3/c1-13-4-8-20(9-5-13)10-15(23)11-21-12-16(22(24)25)17(19-21)14-2-6-18-7-3-14/h2-3,6-7,12-13,15,23H,4-5,8-11H2,1H3. The molecule has 0 amide bonds. The number of likely N-dealkylation sites (tertiary alicyclic amines) is 1. The second-order valence-corrected chi connectivity index (χ2v) is 6.71. The lowest BCUT2D eigenvalue weighted by molar-refractivity contribution is -0.384. The molecule has 0 saturated carbocycles. The van der Waals surface area contributed by atoms with Crippen LogP contribution in [0.15, 0.2) is 30.7 Å². The average molecular weight is 345 g/mol. The summed E-state index contributed by atoms with van der Waals surface area (Å²) in [6.07, 6.45) is 6.21. The number of aliphatic hydroxyl groups excluding tert-OH is 1. The second-order valence-electron chi connectivity index (χ2n) is 6.71. The third kappa shape index (κ3) is 4.40. The van der Waals surface area contributed by atoms with Gasteiger partial charge < -0.3 is 10.0 Å². The van der Waals surface area contributed by atoms with Crippen molar-refractivity contribution in [3.05, 3.63) is 40.8 Å². The number of aromatic nitrogens is 3. The zero-order valence-corrected chi connectivity index (χ0v) is 14.3. The maximum Gasteiger partial charge on any atom is 0.314 e. The fraction of sp³-hybridized carbons (Fsp3) is 0.529. The van der Waals surface area contributed by atoms with Gasteiger partial charge in [-0.1, -0.05) is 6.92 Å². The van der Waals surface area contributed by atoms with E-state index in [1.165, 1.54) is 10.9 Å². The van der Waals surface area contributed by atoms with Gasteiger partial charge in [0, 0.05) is 24.5 Å². The molecule has 3 heterocycles. The molecule has 0 aromatic carbocycles. The van der Waals surface area contributed by atoms with Crippen LogP contribution >= 0.6 is 0 Å². The topological polar surface area (TPSA) is 97.3 Å². The molecule has 1 unspecified atom stereocenters. The lowest BCUT2D eigenvalue weighted by Crippen LogP contribution is -2.39. The lowest BCUT2D eigenvalue weighted by atomic mass is 9.99. The summed E-state index contributed by atoms with van der Waals surface area (Å²) in [4.78, 5) is 17.0. The molecule has 134 valence electrons. The smallest absolute Gasteiger partial charge is 0.314 e. The first kappa shape index (κ1) is 17.5. The highest BCUT2D eigenvalue weighted by Crippen LogP contribution is 2.27. The number of rotatable bonds is 6. The predicted octanol–water partition coefficient (Wildman–Crippen LogP) is 1.95. The van der Waals surface area contributed by atoms with Crippen LogP contribution in [-0.4, -0.2) is 55.4 Å². The van der Waals surface area contributed by atoms with Crippen molar-refractivity contribution in [3.8, 4) is 11.3 Å². The minimum atomic E-state index is -0.613. The van der Waals surface area contributed by atoms with Gasteiger partial charge in [-0.25, -0.2) is 0 Å². The average Bonchev–Trinajstić information content (AvgIpc) is 3.02. The zero-order chi connectivity index (χ0) is 17.8. The summed E-state index contributed by atoms with van der Waals surface area (Å²) in [5.74, 6) is 0.741. The molecule has 1 aliphatic heterocycles. The third-order valence-corrected chi connectivity index (χ3v) is 4.64. The Balaban J connectivity index is 1.69. The lowest BCUT2D eigenvalue weighted by Gasteiger charge is -2.31. The van der Waals surface area contributed by atoms with Gasteiger partial charge in [-0.3, -0.25) is 19.8 Å². The molecule has 2 aromatic heterocycles. The predicted molar refractivity (Wildman–Crippen MR) is 93.0 cm³/mol. The molecule has 8 heteroatoms. The van der Waals surface area contributed by atoms with Crippen LogP contribution in [0, 0.1) is 16.0 Å². The van der Waals surface area contributed by atoms with Crippen LogP contribution in [-0.2, 0) is 6.54 Å². The van der Waals surface area contributed by atoms with Crippen molar-refractivity contribution in [3.63, 3.8) is 0 Å². The summed E-state index contributed by atoms with van der Waals surface area (Å²) < 4.78 is 1.46. The van der Waals surface area contributed by atoms with E-state index in [0.717, 1.165) is 31.8 Å². The number of hydrogen-bond donors (Lipinski definition) is 1. The van der Waals surface area contributed by atoms with Crippen LogP contribution in [0.5, 0.6) is 0 Å². The molecule has 25 heavy (non-hydrogen) atoms. The number of nitrogens with zero attached hydrogens (tertiary/aromatic N) is 5. The Bertz CT molecular complexity index is 710. The number of pyridine rings is 1. The van der Waals surface area contributed by atoms with Gasteiger partial charge in [-0.15, -0.1) is 0 Å². The molecule has 1 atom stereocenters. The number of β-amino-alcohol motifs (C(OH)–C–C–N with tert-alkyl or cyclic N) is 1. The zero-order valence-electron chi connectivity index (χ0n) is 14.3. The van der Waals surface area contributed by atoms with E-state index in [-0.39, 0.29) is 12.2 Å². The van der Waals surface area contributed by atoms with Gasteiger partial charge in [0.2, 0.25) is 0 Å². The van der Waals surface area contributed by atoms with Crippen LogP contribution < -0.4 is 0 Å². The molecule has 0 spiro atoms. The molecular weight excluding hydrogens is 322 g/mol. The van der Waals surface area contributed by atoms with E-state index < -0.39 is 11.0 Å². The molecule has 3 rings (SSSR count). The van der Waals surface area contributed by atoms with E-state index in [1.54, 1.807) is 24.5 Å². The van der Waals surface area contributed by atoms with Crippen molar-refractivity contribution in [2.24, 2.45) is 5.92 Å². The Morgan fingerprint density at radius 1 is 1.32 bits per heavy atom. The van der Waals surface area contributed by atoms with Crippen LogP contribution in [0.2, 0.25) is 0 Å². The molecule has 1 N–H and O–H groups in total. The van der Waals surface area contributed by atoms with Gasteiger partial charge in [-0.2, -0.15) is 5.10 Å². The van der Waals surface area contributed by atoms with Gasteiger partial charge in [0.15, 0.2) is 5.69 Å². The van der Waals surface area contributed by atoms with Crippen LogP contribution in [0.4, 0.5) is 5.69 Å². The number of aliphatic hydroxyl groups is 1. The van der Waals surface area contributed by atoms with E-state index in [0.29, 0.717) is 17.8 Å². The largest absolute Gasteiger partial charge is 0.390 e. The Hall–Kier alpha value is -2.32. The molecule has 0 aliphatic carbocycles.